The fraction of sp³-hybridized carbons (Fsp3) is 0.308. The topological polar surface area (TPSA) is 63.7 Å². The molecule has 2 rings (SSSR count). The average molecular weight is 247 g/mol. The average Bonchev–Trinajstić information content (AvgIpc) is 2.70. The maximum absolute atomic E-state index is 11.7. The molecular formula is C13H13NO4. The highest BCUT2D eigenvalue weighted by atomic mass is 16.7. The molecule has 1 aromatic carbocycles. The van der Waals surface area contributed by atoms with Gasteiger partial charge in [-0.05, 0) is 24.1 Å². The molecule has 0 N–H and O–H groups in total. The zero-order chi connectivity index (χ0) is 13.1. The molecule has 1 saturated heterocycles. The number of amides is 2. The zero-order valence-corrected chi connectivity index (χ0v) is 10.0. The Morgan fingerprint density at radius 1 is 1.17 bits per heavy atom. The molecular weight excluding hydrogens is 234 g/mol. The molecule has 1 fully saturated rings. The number of benzene rings is 1. The van der Waals surface area contributed by atoms with Gasteiger partial charge in [0.1, 0.15) is 0 Å². The Hall–Kier alpha value is -2.17. The van der Waals surface area contributed by atoms with Crippen LogP contribution in [0.15, 0.2) is 24.3 Å². The second kappa shape index (κ2) is 5.00. The van der Waals surface area contributed by atoms with E-state index in [2.05, 4.69) is 0 Å². The SMILES string of the molecule is CCc1ccc(C(=O)ON2C(=O)CCC2=O)cc1. The van der Waals surface area contributed by atoms with Gasteiger partial charge in [0.05, 0.1) is 5.56 Å². The first kappa shape index (κ1) is 12.3. The number of carbonyl (C=O) groups is 3. The minimum atomic E-state index is -0.693. The second-order valence-electron chi connectivity index (χ2n) is 4.01. The summed E-state index contributed by atoms with van der Waals surface area (Å²) in [6.45, 7) is 2.01. The summed E-state index contributed by atoms with van der Waals surface area (Å²) in [6, 6.07) is 6.85. The number of hydrogen-bond acceptors (Lipinski definition) is 4. The normalized spacial score (nSPS) is 15.1. The smallest absolute Gasteiger partial charge is 0.325 e. The van der Waals surface area contributed by atoms with Gasteiger partial charge >= 0.3 is 5.97 Å². The van der Waals surface area contributed by atoms with E-state index in [1.165, 1.54) is 0 Å². The van der Waals surface area contributed by atoms with E-state index in [1.807, 2.05) is 19.1 Å². The molecule has 2 amide bonds. The fourth-order valence-electron chi connectivity index (χ4n) is 1.67. The number of imide groups is 1. The molecule has 0 bridgehead atoms. The summed E-state index contributed by atoms with van der Waals surface area (Å²) in [5.41, 5.74) is 1.42. The number of rotatable bonds is 3. The molecule has 1 aliphatic rings. The van der Waals surface area contributed by atoms with Crippen LogP contribution in [0, 0.1) is 0 Å². The predicted molar refractivity (Wildman–Crippen MR) is 62.3 cm³/mol. The first-order valence-corrected chi connectivity index (χ1v) is 5.79. The maximum Gasteiger partial charge on any atom is 0.363 e. The van der Waals surface area contributed by atoms with Crippen molar-refractivity contribution in [3.8, 4) is 0 Å². The van der Waals surface area contributed by atoms with Crippen LogP contribution in [0.1, 0.15) is 35.7 Å². The number of hydrogen-bond donors (Lipinski definition) is 0. The number of carbonyl (C=O) groups excluding carboxylic acids is 3. The van der Waals surface area contributed by atoms with Crippen LogP contribution in [0.4, 0.5) is 0 Å². The van der Waals surface area contributed by atoms with Crippen LogP contribution in [-0.2, 0) is 20.8 Å². The van der Waals surface area contributed by atoms with Crippen LogP contribution in [0.25, 0.3) is 0 Å². The maximum atomic E-state index is 11.7. The molecule has 0 aliphatic carbocycles. The Labute approximate surface area is 104 Å². The van der Waals surface area contributed by atoms with Gasteiger partial charge in [0.25, 0.3) is 11.8 Å². The van der Waals surface area contributed by atoms with Crippen molar-refractivity contribution in [2.45, 2.75) is 26.2 Å². The van der Waals surface area contributed by atoms with Crippen LogP contribution in [-0.4, -0.2) is 22.8 Å². The van der Waals surface area contributed by atoms with Gasteiger partial charge in [-0.1, -0.05) is 19.1 Å². The van der Waals surface area contributed by atoms with E-state index in [-0.39, 0.29) is 12.8 Å². The van der Waals surface area contributed by atoms with Crippen LogP contribution >= 0.6 is 0 Å². The van der Waals surface area contributed by atoms with Gasteiger partial charge in [0.2, 0.25) is 0 Å². The quantitative estimate of drug-likeness (QED) is 0.759. The van der Waals surface area contributed by atoms with E-state index in [0.717, 1.165) is 12.0 Å². The highest BCUT2D eigenvalue weighted by Crippen LogP contribution is 2.14. The van der Waals surface area contributed by atoms with Gasteiger partial charge in [0.15, 0.2) is 0 Å². The first-order chi connectivity index (χ1) is 8.61. The van der Waals surface area contributed by atoms with Crippen LogP contribution in [0.3, 0.4) is 0 Å². The number of aryl methyl sites for hydroxylation is 1. The lowest BCUT2D eigenvalue weighted by Crippen LogP contribution is -2.32. The standard InChI is InChI=1S/C13H13NO4/c1-2-9-3-5-10(6-4-9)13(17)18-14-11(15)7-8-12(14)16/h3-6H,2,7-8H2,1H3. The third kappa shape index (κ3) is 2.40. The van der Waals surface area contributed by atoms with E-state index in [0.29, 0.717) is 10.6 Å². The monoisotopic (exact) mass is 247 g/mol. The number of hydroxylamine groups is 2. The highest BCUT2D eigenvalue weighted by molar-refractivity contribution is 6.02. The molecule has 5 heteroatoms. The van der Waals surface area contributed by atoms with Gasteiger partial charge < -0.3 is 4.84 Å². The molecule has 0 unspecified atom stereocenters. The molecule has 1 aliphatic heterocycles. The van der Waals surface area contributed by atoms with E-state index >= 15 is 0 Å². The van der Waals surface area contributed by atoms with E-state index in [9.17, 15) is 14.4 Å². The molecule has 0 saturated carbocycles. The molecule has 18 heavy (non-hydrogen) atoms. The van der Waals surface area contributed by atoms with Crippen molar-refractivity contribution in [3.63, 3.8) is 0 Å². The highest BCUT2D eigenvalue weighted by Gasteiger charge is 2.33. The van der Waals surface area contributed by atoms with Crippen LogP contribution < -0.4 is 0 Å². The third-order valence-electron chi connectivity index (χ3n) is 2.78. The largest absolute Gasteiger partial charge is 0.363 e. The van der Waals surface area contributed by atoms with Gasteiger partial charge in [-0.25, -0.2) is 4.79 Å². The summed E-state index contributed by atoms with van der Waals surface area (Å²) in [6.07, 6.45) is 1.07. The first-order valence-electron chi connectivity index (χ1n) is 5.79. The summed E-state index contributed by atoms with van der Waals surface area (Å²) in [4.78, 5) is 39.1. The minimum Gasteiger partial charge on any atom is -0.325 e. The van der Waals surface area contributed by atoms with Gasteiger partial charge in [-0.15, -0.1) is 5.06 Å². The molecule has 94 valence electrons. The lowest BCUT2D eigenvalue weighted by molar-refractivity contribution is -0.172. The molecule has 1 aromatic rings. The zero-order valence-electron chi connectivity index (χ0n) is 10.0. The van der Waals surface area contributed by atoms with Gasteiger partial charge in [-0.3, -0.25) is 9.59 Å². The summed E-state index contributed by atoms with van der Waals surface area (Å²) in [5.74, 6) is -1.64. The Morgan fingerprint density at radius 3 is 2.22 bits per heavy atom. The minimum absolute atomic E-state index is 0.0981. The Balaban J connectivity index is 2.07. The van der Waals surface area contributed by atoms with Crippen molar-refractivity contribution in [1.29, 1.82) is 0 Å². The Morgan fingerprint density at radius 2 is 1.72 bits per heavy atom. The van der Waals surface area contributed by atoms with Crippen molar-refractivity contribution in [3.05, 3.63) is 35.4 Å². The molecule has 0 radical (unpaired) electrons. The molecule has 1 heterocycles. The van der Waals surface area contributed by atoms with Gasteiger partial charge in [0, 0.05) is 12.8 Å². The lowest BCUT2D eigenvalue weighted by Gasteiger charge is -2.12. The molecule has 0 aromatic heterocycles. The van der Waals surface area contributed by atoms with E-state index in [1.54, 1.807) is 12.1 Å². The summed E-state index contributed by atoms with van der Waals surface area (Å²) < 4.78 is 0. The molecule has 0 atom stereocenters. The van der Waals surface area contributed by atoms with Crippen molar-refractivity contribution < 1.29 is 19.2 Å². The third-order valence-corrected chi connectivity index (χ3v) is 2.78. The van der Waals surface area contributed by atoms with E-state index < -0.39 is 17.8 Å². The Kier molecular flexibility index (Phi) is 3.41. The van der Waals surface area contributed by atoms with Crippen molar-refractivity contribution >= 4 is 17.8 Å². The lowest BCUT2D eigenvalue weighted by atomic mass is 10.1. The van der Waals surface area contributed by atoms with Gasteiger partial charge in [-0.2, -0.15) is 0 Å². The summed E-state index contributed by atoms with van der Waals surface area (Å²) in [5, 5.41) is 0.552. The van der Waals surface area contributed by atoms with Crippen LogP contribution in [0.5, 0.6) is 0 Å². The molecule has 5 nitrogen and oxygen atoms in total. The van der Waals surface area contributed by atoms with Crippen molar-refractivity contribution in [2.24, 2.45) is 0 Å². The predicted octanol–water partition coefficient (Wildman–Crippen LogP) is 1.47. The summed E-state index contributed by atoms with van der Waals surface area (Å²) >= 11 is 0. The summed E-state index contributed by atoms with van der Waals surface area (Å²) in [7, 11) is 0. The van der Waals surface area contributed by atoms with E-state index in [4.69, 9.17) is 4.84 Å². The fourth-order valence-corrected chi connectivity index (χ4v) is 1.67. The van der Waals surface area contributed by atoms with Crippen molar-refractivity contribution in [2.75, 3.05) is 0 Å². The second-order valence-corrected chi connectivity index (χ2v) is 4.01. The van der Waals surface area contributed by atoms with Crippen LogP contribution in [0.2, 0.25) is 0 Å². The van der Waals surface area contributed by atoms with Crippen molar-refractivity contribution in [1.82, 2.24) is 5.06 Å². The molecule has 0 spiro atoms. The number of nitrogens with zero attached hydrogens (tertiary/aromatic N) is 1. The Bertz CT molecular complexity index is 476.